The summed E-state index contributed by atoms with van der Waals surface area (Å²) in [4.78, 5) is 9.72. The highest BCUT2D eigenvalue weighted by atomic mass is 16.1. The largest absolute Gasteiger partial charge is 0.308 e. The van der Waals surface area contributed by atoms with E-state index in [1.54, 1.807) is 0 Å². The van der Waals surface area contributed by atoms with E-state index in [1.807, 2.05) is 0 Å². The molecule has 6 heavy (non-hydrogen) atoms. The molecule has 2 heteroatoms. The molecule has 0 amide bonds. The van der Waals surface area contributed by atoms with Crippen LogP contribution in [0.2, 0.25) is 0 Å². The molecule has 1 heterocycles. The molecule has 1 aliphatic rings. The maximum atomic E-state index is 9.72. The molecule has 1 saturated heterocycles. The molecule has 0 aliphatic carbocycles. The van der Waals surface area contributed by atoms with Gasteiger partial charge in [-0.1, -0.05) is 0 Å². The van der Waals surface area contributed by atoms with Crippen molar-refractivity contribution in [3.8, 4) is 0 Å². The molecule has 1 rings (SSSR count). The average Bonchev–Trinajstić information content (AvgIpc) is 1.31. The van der Waals surface area contributed by atoms with Gasteiger partial charge < -0.3 is 10.1 Å². The summed E-state index contributed by atoms with van der Waals surface area (Å²) < 4.78 is 0. The monoisotopic (exact) mass is 85.1 g/mol. The van der Waals surface area contributed by atoms with Crippen LogP contribution in [0, 0.1) is 0 Å². The van der Waals surface area contributed by atoms with Gasteiger partial charge in [0.1, 0.15) is 6.29 Å². The third kappa shape index (κ3) is 0.431. The lowest BCUT2D eigenvalue weighted by Gasteiger charge is -2.20. The first-order valence-electron chi connectivity index (χ1n) is 2.12. The van der Waals surface area contributed by atoms with Gasteiger partial charge in [-0.2, -0.15) is 0 Å². The molecule has 1 atom stereocenters. The lowest BCUT2D eigenvalue weighted by molar-refractivity contribution is -0.110. The predicted molar refractivity (Wildman–Crippen MR) is 22.5 cm³/mol. The molecule has 0 aromatic carbocycles. The van der Waals surface area contributed by atoms with Gasteiger partial charge in [0.05, 0.1) is 6.04 Å². The highest BCUT2D eigenvalue weighted by Gasteiger charge is 2.13. The zero-order valence-corrected chi connectivity index (χ0v) is 3.48. The lowest BCUT2D eigenvalue weighted by atomic mass is 10.1. The van der Waals surface area contributed by atoms with Crippen molar-refractivity contribution in [2.75, 3.05) is 6.54 Å². The van der Waals surface area contributed by atoms with E-state index in [2.05, 4.69) is 5.32 Å². The van der Waals surface area contributed by atoms with E-state index in [0.29, 0.717) is 0 Å². The average molecular weight is 85.1 g/mol. The second-order valence-corrected chi connectivity index (χ2v) is 1.49. The van der Waals surface area contributed by atoms with Crippen LogP contribution in [0.4, 0.5) is 0 Å². The van der Waals surface area contributed by atoms with E-state index in [9.17, 15) is 4.79 Å². The summed E-state index contributed by atoms with van der Waals surface area (Å²) in [6, 6.07) is 0.185. The number of rotatable bonds is 1. The summed E-state index contributed by atoms with van der Waals surface area (Å²) in [5, 5.41) is 2.93. The summed E-state index contributed by atoms with van der Waals surface area (Å²) in [6.45, 7) is 1.02. The van der Waals surface area contributed by atoms with Gasteiger partial charge in [0.2, 0.25) is 0 Å². The van der Waals surface area contributed by atoms with Crippen LogP contribution >= 0.6 is 0 Å². The van der Waals surface area contributed by atoms with Crippen molar-refractivity contribution in [2.45, 2.75) is 12.5 Å². The van der Waals surface area contributed by atoms with Crippen LogP contribution in [-0.2, 0) is 4.79 Å². The second kappa shape index (κ2) is 1.39. The van der Waals surface area contributed by atoms with Gasteiger partial charge in [0.15, 0.2) is 0 Å². The Bertz CT molecular complexity index is 58.6. The lowest BCUT2D eigenvalue weighted by Crippen LogP contribution is -2.43. The topological polar surface area (TPSA) is 29.1 Å². The van der Waals surface area contributed by atoms with Gasteiger partial charge in [-0.15, -0.1) is 0 Å². The van der Waals surface area contributed by atoms with Crippen LogP contribution in [0.15, 0.2) is 0 Å². The van der Waals surface area contributed by atoms with Crippen molar-refractivity contribution in [1.29, 1.82) is 0 Å². The van der Waals surface area contributed by atoms with Crippen LogP contribution < -0.4 is 5.32 Å². The molecule has 34 valence electrons. The molecular formula is C4H7NO. The van der Waals surface area contributed by atoms with Crippen molar-refractivity contribution >= 4 is 6.29 Å². The zero-order valence-electron chi connectivity index (χ0n) is 3.48. The highest BCUT2D eigenvalue weighted by molar-refractivity contribution is 5.58. The van der Waals surface area contributed by atoms with E-state index in [-0.39, 0.29) is 6.04 Å². The predicted octanol–water partition coefficient (Wildman–Crippen LogP) is -0.453. The SMILES string of the molecule is O=CC1CCN1. The fourth-order valence-corrected chi connectivity index (χ4v) is 0.427. The third-order valence-corrected chi connectivity index (χ3v) is 1.03. The van der Waals surface area contributed by atoms with Crippen LogP contribution in [0.3, 0.4) is 0 Å². The normalized spacial score (nSPS) is 31.7. The molecule has 0 saturated carbocycles. The Kier molecular flexibility index (Phi) is 0.881. The maximum Gasteiger partial charge on any atom is 0.136 e. The Morgan fingerprint density at radius 1 is 1.83 bits per heavy atom. The first kappa shape index (κ1) is 3.81. The number of hydrogen-bond donors (Lipinski definition) is 1. The Hall–Kier alpha value is -0.370. The fraction of sp³-hybridized carbons (Fsp3) is 0.750. The summed E-state index contributed by atoms with van der Waals surface area (Å²) in [6.07, 6.45) is 1.98. The molecule has 0 aromatic heterocycles. The smallest absolute Gasteiger partial charge is 0.136 e. The van der Waals surface area contributed by atoms with Gasteiger partial charge in [-0.05, 0) is 13.0 Å². The molecule has 0 aromatic rings. The number of nitrogens with one attached hydrogen (secondary N) is 1. The van der Waals surface area contributed by atoms with Crippen molar-refractivity contribution in [3.05, 3.63) is 0 Å². The summed E-state index contributed by atoms with van der Waals surface area (Å²) in [5.41, 5.74) is 0. The van der Waals surface area contributed by atoms with E-state index in [1.165, 1.54) is 0 Å². The van der Waals surface area contributed by atoms with Crippen molar-refractivity contribution < 1.29 is 4.79 Å². The molecule has 1 unspecified atom stereocenters. The van der Waals surface area contributed by atoms with E-state index in [4.69, 9.17) is 0 Å². The van der Waals surface area contributed by atoms with Gasteiger partial charge in [0.25, 0.3) is 0 Å². The number of carbonyl (C=O) groups is 1. The highest BCUT2D eigenvalue weighted by Crippen LogP contribution is 1.95. The molecular weight excluding hydrogens is 78.0 g/mol. The molecule has 0 radical (unpaired) electrons. The summed E-state index contributed by atoms with van der Waals surface area (Å²) in [7, 11) is 0. The summed E-state index contributed by atoms with van der Waals surface area (Å²) in [5.74, 6) is 0. The fourth-order valence-electron chi connectivity index (χ4n) is 0.427. The Morgan fingerprint density at radius 3 is 2.50 bits per heavy atom. The first-order chi connectivity index (χ1) is 2.93. The third-order valence-electron chi connectivity index (χ3n) is 1.03. The van der Waals surface area contributed by atoms with Gasteiger partial charge in [-0.3, -0.25) is 0 Å². The minimum absolute atomic E-state index is 0.185. The molecule has 2 nitrogen and oxygen atoms in total. The quantitative estimate of drug-likeness (QED) is 0.437. The standard InChI is InChI=1S/C4H7NO/c6-3-4-1-2-5-4/h3-5H,1-2H2. The maximum absolute atomic E-state index is 9.72. The van der Waals surface area contributed by atoms with E-state index in [0.717, 1.165) is 19.3 Å². The van der Waals surface area contributed by atoms with Crippen LogP contribution in [0.25, 0.3) is 0 Å². The minimum atomic E-state index is 0.185. The zero-order chi connectivity index (χ0) is 4.41. The van der Waals surface area contributed by atoms with Crippen LogP contribution in [-0.4, -0.2) is 18.9 Å². The van der Waals surface area contributed by atoms with Gasteiger partial charge >= 0.3 is 0 Å². The molecule has 0 bridgehead atoms. The van der Waals surface area contributed by atoms with E-state index < -0.39 is 0 Å². The molecule has 1 N–H and O–H groups in total. The second-order valence-electron chi connectivity index (χ2n) is 1.49. The Morgan fingerprint density at radius 2 is 2.50 bits per heavy atom. The Balaban J connectivity index is 2.16. The number of carbonyl (C=O) groups excluding carboxylic acids is 1. The number of aldehydes is 1. The molecule has 1 aliphatic heterocycles. The van der Waals surface area contributed by atoms with Crippen LogP contribution in [0.1, 0.15) is 6.42 Å². The van der Waals surface area contributed by atoms with Gasteiger partial charge in [-0.25, -0.2) is 0 Å². The van der Waals surface area contributed by atoms with Crippen molar-refractivity contribution in [1.82, 2.24) is 5.32 Å². The molecule has 0 spiro atoms. The van der Waals surface area contributed by atoms with Gasteiger partial charge in [0, 0.05) is 0 Å². The van der Waals surface area contributed by atoms with E-state index >= 15 is 0 Å². The number of hydrogen-bond acceptors (Lipinski definition) is 2. The minimum Gasteiger partial charge on any atom is -0.308 e. The first-order valence-corrected chi connectivity index (χ1v) is 2.12. The van der Waals surface area contributed by atoms with Crippen LogP contribution in [0.5, 0.6) is 0 Å². The Labute approximate surface area is 36.5 Å². The molecule has 1 fully saturated rings. The summed E-state index contributed by atoms with van der Waals surface area (Å²) >= 11 is 0. The van der Waals surface area contributed by atoms with Crippen molar-refractivity contribution in [2.24, 2.45) is 0 Å². The van der Waals surface area contributed by atoms with Crippen molar-refractivity contribution in [3.63, 3.8) is 0 Å².